The quantitative estimate of drug-likeness (QED) is 0.251. The van der Waals surface area contributed by atoms with E-state index in [9.17, 15) is 4.79 Å². The van der Waals surface area contributed by atoms with E-state index in [4.69, 9.17) is 38.0 Å². The van der Waals surface area contributed by atoms with Gasteiger partial charge in [0.15, 0.2) is 5.75 Å². The van der Waals surface area contributed by atoms with Gasteiger partial charge in [0.25, 0.3) is 0 Å². The lowest BCUT2D eigenvalue weighted by Gasteiger charge is -2.31. The number of pyridine rings is 1. The van der Waals surface area contributed by atoms with E-state index in [1.54, 1.807) is 18.5 Å². The monoisotopic (exact) mass is 607 g/mol. The number of imidazole rings is 1. The summed E-state index contributed by atoms with van der Waals surface area (Å²) in [5.41, 5.74) is 4.69. The van der Waals surface area contributed by atoms with Crippen LogP contribution in [0.4, 0.5) is 5.95 Å². The summed E-state index contributed by atoms with van der Waals surface area (Å²) < 4.78 is 6.17. The second-order valence-corrected chi connectivity index (χ2v) is 11.8. The molecule has 218 valence electrons. The number of aliphatic carboxylic acids is 1. The third-order valence-corrected chi connectivity index (χ3v) is 8.10. The molecule has 3 aromatic heterocycles. The molecule has 10 nitrogen and oxygen atoms in total. The Morgan fingerprint density at radius 2 is 1.79 bits per heavy atom. The number of anilines is 1. The Labute approximate surface area is 253 Å². The number of piperidine rings is 1. The normalized spacial score (nSPS) is 15.9. The number of aromatic nitrogens is 5. The van der Waals surface area contributed by atoms with Crippen molar-refractivity contribution in [2.45, 2.75) is 45.7 Å². The van der Waals surface area contributed by atoms with Gasteiger partial charge >= 0.3 is 5.97 Å². The number of halogens is 2. The van der Waals surface area contributed by atoms with Crippen LogP contribution in [-0.2, 0) is 24.3 Å². The highest BCUT2D eigenvalue weighted by Crippen LogP contribution is 2.31. The molecule has 42 heavy (non-hydrogen) atoms. The van der Waals surface area contributed by atoms with Gasteiger partial charge in [-0.05, 0) is 68.6 Å². The largest absolute Gasteiger partial charge is 0.481 e. The Kier molecular flexibility index (Phi) is 8.28. The maximum atomic E-state index is 11.1. The van der Waals surface area contributed by atoms with Gasteiger partial charge in [0.1, 0.15) is 5.82 Å². The third kappa shape index (κ3) is 6.83. The third-order valence-electron chi connectivity index (χ3n) is 7.67. The first-order valence-corrected chi connectivity index (χ1v) is 14.7. The van der Waals surface area contributed by atoms with Gasteiger partial charge in [-0.1, -0.05) is 23.2 Å². The van der Waals surface area contributed by atoms with Crippen molar-refractivity contribution in [3.8, 4) is 22.9 Å². The van der Waals surface area contributed by atoms with Gasteiger partial charge in [0, 0.05) is 47.6 Å². The van der Waals surface area contributed by atoms with E-state index >= 15 is 0 Å². The van der Waals surface area contributed by atoms with Gasteiger partial charge in [0.05, 0.1) is 36.0 Å². The van der Waals surface area contributed by atoms with E-state index in [0.29, 0.717) is 46.4 Å². The number of carboxylic acids is 1. The number of hydrogen-bond donors (Lipinski definition) is 2. The number of aromatic amines is 1. The smallest absolute Gasteiger partial charge is 0.303 e. The van der Waals surface area contributed by atoms with Gasteiger partial charge in [-0.15, -0.1) is 0 Å². The fourth-order valence-corrected chi connectivity index (χ4v) is 6.19. The molecule has 0 aliphatic carbocycles. The molecule has 6 rings (SSSR count). The highest BCUT2D eigenvalue weighted by molar-refractivity contribution is 6.35. The number of carbonyl (C=O) groups is 1. The van der Waals surface area contributed by atoms with Crippen LogP contribution in [0.1, 0.15) is 42.0 Å². The van der Waals surface area contributed by atoms with Crippen LogP contribution in [0.5, 0.6) is 11.6 Å². The lowest BCUT2D eigenvalue weighted by molar-refractivity contribution is -0.138. The van der Waals surface area contributed by atoms with Crippen molar-refractivity contribution in [2.24, 2.45) is 5.92 Å². The number of rotatable bonds is 8. The Balaban J connectivity index is 1.20. The Bertz CT molecular complexity index is 1570. The number of H-pyrrole nitrogens is 1. The van der Waals surface area contributed by atoms with Crippen molar-refractivity contribution in [1.82, 2.24) is 29.8 Å². The number of benzene rings is 1. The molecule has 1 fully saturated rings. The van der Waals surface area contributed by atoms with Crippen LogP contribution >= 0.6 is 23.2 Å². The zero-order valence-electron chi connectivity index (χ0n) is 23.2. The summed E-state index contributed by atoms with van der Waals surface area (Å²) in [7, 11) is 0. The molecule has 0 saturated carbocycles. The first-order valence-electron chi connectivity index (χ1n) is 14.0. The van der Waals surface area contributed by atoms with Crippen molar-refractivity contribution < 1.29 is 14.6 Å². The average molecular weight is 609 g/mol. The van der Waals surface area contributed by atoms with E-state index in [0.717, 1.165) is 67.2 Å². The molecule has 2 N–H and O–H groups in total. The highest BCUT2D eigenvalue weighted by atomic mass is 35.5. The van der Waals surface area contributed by atoms with E-state index < -0.39 is 5.97 Å². The van der Waals surface area contributed by atoms with Crippen molar-refractivity contribution in [1.29, 1.82) is 0 Å². The van der Waals surface area contributed by atoms with Gasteiger partial charge in [-0.25, -0.2) is 19.9 Å². The second-order valence-electron chi connectivity index (χ2n) is 10.9. The minimum absolute atomic E-state index is 0.220. The zero-order valence-corrected chi connectivity index (χ0v) is 24.7. The molecule has 0 bridgehead atoms. The molecular formula is C30H31Cl2N7O3. The van der Waals surface area contributed by atoms with Gasteiger partial charge in [-0.3, -0.25) is 9.69 Å². The molecule has 12 heteroatoms. The first kappa shape index (κ1) is 28.4. The topological polar surface area (TPSA) is 120 Å². The highest BCUT2D eigenvalue weighted by Gasteiger charge is 2.23. The fourth-order valence-electron chi connectivity index (χ4n) is 5.66. The second kappa shape index (κ2) is 12.2. The number of nitrogens with one attached hydrogen (secondary N) is 1. The molecule has 4 aromatic rings. The Morgan fingerprint density at radius 3 is 2.50 bits per heavy atom. The van der Waals surface area contributed by atoms with Crippen LogP contribution in [0.3, 0.4) is 0 Å². The van der Waals surface area contributed by atoms with Crippen LogP contribution in [0.15, 0.2) is 42.7 Å². The number of hydrogen-bond acceptors (Lipinski definition) is 8. The first-order chi connectivity index (χ1) is 20.3. The van der Waals surface area contributed by atoms with Crippen LogP contribution in [0.2, 0.25) is 10.0 Å². The number of likely N-dealkylation sites (tertiary alicyclic amines) is 1. The fraction of sp³-hybridized carbons (Fsp3) is 0.367. The number of ether oxygens (including phenoxy) is 1. The van der Waals surface area contributed by atoms with Gasteiger partial charge in [0.2, 0.25) is 11.8 Å². The Morgan fingerprint density at radius 1 is 1.05 bits per heavy atom. The molecule has 5 heterocycles. The van der Waals surface area contributed by atoms with Gasteiger partial charge < -0.3 is 19.7 Å². The molecule has 2 aliphatic heterocycles. The Hall–Kier alpha value is -3.73. The summed E-state index contributed by atoms with van der Waals surface area (Å²) >= 11 is 12.6. The number of carboxylic acid groups (broad SMARTS) is 1. The van der Waals surface area contributed by atoms with Crippen molar-refractivity contribution in [2.75, 3.05) is 24.5 Å². The molecular weight excluding hydrogens is 577 g/mol. The summed E-state index contributed by atoms with van der Waals surface area (Å²) in [6.07, 6.45) is 6.11. The van der Waals surface area contributed by atoms with Crippen molar-refractivity contribution >= 4 is 35.1 Å². The molecule has 0 unspecified atom stereocenters. The summed E-state index contributed by atoms with van der Waals surface area (Å²) in [5, 5.41) is 10.2. The maximum absolute atomic E-state index is 11.1. The number of nitrogens with zero attached hydrogens (tertiary/aromatic N) is 6. The summed E-state index contributed by atoms with van der Waals surface area (Å²) in [6.45, 7) is 5.78. The van der Waals surface area contributed by atoms with Crippen LogP contribution in [-0.4, -0.2) is 60.5 Å². The number of fused-ring (bicyclic) bond motifs is 1. The van der Waals surface area contributed by atoms with Crippen molar-refractivity contribution in [3.05, 3.63) is 75.5 Å². The predicted octanol–water partition coefficient (Wildman–Crippen LogP) is 5.92. The van der Waals surface area contributed by atoms with E-state index in [1.165, 1.54) is 0 Å². The minimum atomic E-state index is -0.732. The van der Waals surface area contributed by atoms with E-state index in [2.05, 4.69) is 29.7 Å². The average Bonchev–Trinajstić information content (AvgIpc) is 3.33. The maximum Gasteiger partial charge on any atom is 0.303 e. The van der Waals surface area contributed by atoms with Crippen molar-refractivity contribution in [3.63, 3.8) is 0 Å². The summed E-state index contributed by atoms with van der Waals surface area (Å²) in [5.74, 6) is 1.92. The predicted molar refractivity (Wildman–Crippen MR) is 160 cm³/mol. The molecule has 0 radical (unpaired) electrons. The molecule has 0 atom stereocenters. The lowest BCUT2D eigenvalue weighted by Crippen LogP contribution is -2.33. The summed E-state index contributed by atoms with van der Waals surface area (Å²) in [6, 6.07) is 9.26. The van der Waals surface area contributed by atoms with Crippen LogP contribution in [0.25, 0.3) is 11.3 Å². The lowest BCUT2D eigenvalue weighted by atomic mass is 9.93. The van der Waals surface area contributed by atoms with E-state index in [-0.39, 0.29) is 12.3 Å². The zero-order chi connectivity index (χ0) is 29.2. The summed E-state index contributed by atoms with van der Waals surface area (Å²) in [4.78, 5) is 37.3. The molecule has 0 spiro atoms. The SMILES string of the molecule is Cc1nc2c([nH]1)CN(c1ncc(Oc3cc(CN4CCC(CC(=O)O)CC4)cc(-c4cc(Cl)cc(Cl)c4)n3)cn1)CC2. The molecule has 0 amide bonds. The van der Waals surface area contributed by atoms with Crippen LogP contribution < -0.4 is 9.64 Å². The van der Waals surface area contributed by atoms with E-state index in [1.807, 2.05) is 31.2 Å². The van der Waals surface area contributed by atoms with Gasteiger partial charge in [-0.2, -0.15) is 0 Å². The molecule has 1 saturated heterocycles. The minimum Gasteiger partial charge on any atom is -0.481 e. The number of aryl methyl sites for hydroxylation is 1. The molecule has 1 aromatic carbocycles. The molecule has 2 aliphatic rings. The standard InChI is InChI=1S/C30H31Cl2N7O3/c1-18-35-25-4-7-39(17-27(25)36-18)30-33-14-24(15-34-30)42-28-9-20(16-38-5-2-19(3-6-38)10-29(40)41)8-26(37-28)21-11-22(31)13-23(32)12-21/h8-9,11-15,19H,2-7,10,16-17H2,1H3,(H,35,36)(H,40,41). The van der Waals surface area contributed by atoms with Crippen LogP contribution in [0, 0.1) is 12.8 Å².